The van der Waals surface area contributed by atoms with Crippen molar-refractivity contribution in [2.24, 2.45) is 5.73 Å². The molecule has 0 rings (SSSR count). The second kappa shape index (κ2) is 5.14. The van der Waals surface area contributed by atoms with E-state index in [0.717, 1.165) is 6.92 Å². The molecular weight excluding hydrogens is 236 g/mol. The summed E-state index contributed by atoms with van der Waals surface area (Å²) in [5, 5.41) is 26.2. The second-order valence-corrected chi connectivity index (χ2v) is 3.45. The third-order valence-electron chi connectivity index (χ3n) is 2.20. The Morgan fingerprint density at radius 1 is 1.12 bits per heavy atom. The van der Waals surface area contributed by atoms with Crippen molar-refractivity contribution in [1.29, 1.82) is 0 Å². The summed E-state index contributed by atoms with van der Waals surface area (Å²) in [4.78, 5) is 42.6. The maximum atomic E-state index is 11.0. The summed E-state index contributed by atoms with van der Waals surface area (Å²) in [5.74, 6) is -2.53. The zero-order valence-corrected chi connectivity index (χ0v) is 8.91. The zero-order chi connectivity index (χ0) is 13.8. The van der Waals surface area contributed by atoms with Crippen LogP contribution in [0.4, 0.5) is 9.59 Å². The van der Waals surface area contributed by atoms with E-state index in [2.05, 4.69) is 0 Å². The van der Waals surface area contributed by atoms with E-state index < -0.39 is 42.4 Å². The Morgan fingerprint density at radius 3 is 1.76 bits per heavy atom. The van der Waals surface area contributed by atoms with Crippen LogP contribution in [-0.4, -0.2) is 49.8 Å². The van der Waals surface area contributed by atoms with Gasteiger partial charge in [0.25, 0.3) is 0 Å². The van der Waals surface area contributed by atoms with Crippen molar-refractivity contribution in [3.8, 4) is 0 Å². The minimum absolute atomic E-state index is 0.266. The maximum absolute atomic E-state index is 11.0. The summed E-state index contributed by atoms with van der Waals surface area (Å²) >= 11 is 0. The fourth-order valence-electron chi connectivity index (χ4n) is 1.18. The SMILES string of the molecule is C[C@](CCC(N)=O)(C(=O)O)N(C(=O)O)C(=O)O. The molecule has 1 atom stereocenters. The second-order valence-electron chi connectivity index (χ2n) is 3.45. The van der Waals surface area contributed by atoms with Crippen LogP contribution >= 0.6 is 0 Å². The molecule has 0 bridgehead atoms. The number of carboxylic acids is 1. The van der Waals surface area contributed by atoms with Crippen molar-refractivity contribution >= 4 is 24.1 Å². The highest BCUT2D eigenvalue weighted by atomic mass is 16.4. The quantitative estimate of drug-likeness (QED) is 0.522. The third kappa shape index (κ3) is 3.33. The Morgan fingerprint density at radius 2 is 1.53 bits per heavy atom. The first kappa shape index (κ1) is 14.7. The number of primary amides is 1. The fourth-order valence-corrected chi connectivity index (χ4v) is 1.18. The number of rotatable bonds is 5. The van der Waals surface area contributed by atoms with Gasteiger partial charge in [0.15, 0.2) is 5.54 Å². The molecule has 5 N–H and O–H groups in total. The third-order valence-corrected chi connectivity index (χ3v) is 2.20. The summed E-state index contributed by atoms with van der Waals surface area (Å²) in [5.41, 5.74) is 2.55. The number of hydrogen-bond donors (Lipinski definition) is 4. The van der Waals surface area contributed by atoms with E-state index in [0.29, 0.717) is 0 Å². The lowest BCUT2D eigenvalue weighted by Gasteiger charge is -2.31. The highest BCUT2D eigenvalue weighted by molar-refractivity contribution is 5.94. The Labute approximate surface area is 95.4 Å². The molecule has 3 amide bonds. The van der Waals surface area contributed by atoms with Gasteiger partial charge in [-0.1, -0.05) is 0 Å². The molecule has 0 radical (unpaired) electrons. The summed E-state index contributed by atoms with van der Waals surface area (Å²) in [7, 11) is 0. The van der Waals surface area contributed by atoms with Crippen LogP contribution in [0, 0.1) is 0 Å². The van der Waals surface area contributed by atoms with Gasteiger partial charge in [-0.25, -0.2) is 14.4 Å². The molecule has 0 aromatic carbocycles. The largest absolute Gasteiger partial charge is 0.479 e. The molecule has 0 spiro atoms. The molecule has 0 saturated carbocycles. The Bertz CT molecular complexity index is 353. The predicted molar refractivity (Wildman–Crippen MR) is 52.4 cm³/mol. The van der Waals surface area contributed by atoms with Gasteiger partial charge in [0.05, 0.1) is 0 Å². The monoisotopic (exact) mass is 248 g/mol. The molecule has 0 saturated heterocycles. The van der Waals surface area contributed by atoms with Gasteiger partial charge in [-0.15, -0.1) is 0 Å². The first-order valence-electron chi connectivity index (χ1n) is 4.40. The van der Waals surface area contributed by atoms with E-state index >= 15 is 0 Å². The van der Waals surface area contributed by atoms with E-state index in [4.69, 9.17) is 21.1 Å². The first-order chi connectivity index (χ1) is 7.62. The Balaban J connectivity index is 5.29. The van der Waals surface area contributed by atoms with E-state index in [1.54, 1.807) is 0 Å². The Hall–Kier alpha value is -2.32. The van der Waals surface area contributed by atoms with Crippen molar-refractivity contribution in [1.82, 2.24) is 4.90 Å². The molecular formula is C8H12N2O7. The van der Waals surface area contributed by atoms with Crippen molar-refractivity contribution in [2.75, 3.05) is 0 Å². The number of nitrogens with zero attached hydrogens (tertiary/aromatic N) is 1. The standard InChI is InChI=1S/C8H12N2O7/c1-8(5(12)13,3-2-4(9)11)10(6(14)15)7(16)17/h2-3H2,1H3,(H2,9,11)(H,12,13)(H,14,15)(H,16,17)/t8-/m0/s1. The van der Waals surface area contributed by atoms with Crippen LogP contribution in [0.25, 0.3) is 0 Å². The molecule has 96 valence electrons. The zero-order valence-electron chi connectivity index (χ0n) is 8.91. The molecule has 0 aromatic rings. The van der Waals surface area contributed by atoms with Crippen LogP contribution in [-0.2, 0) is 9.59 Å². The van der Waals surface area contributed by atoms with E-state index in [1.165, 1.54) is 0 Å². The van der Waals surface area contributed by atoms with Gasteiger partial charge in [0.1, 0.15) is 0 Å². The van der Waals surface area contributed by atoms with E-state index in [-0.39, 0.29) is 4.90 Å². The molecule has 0 aliphatic carbocycles. The van der Waals surface area contributed by atoms with Crippen molar-refractivity contribution < 1.29 is 34.5 Å². The van der Waals surface area contributed by atoms with Crippen LogP contribution in [0.5, 0.6) is 0 Å². The number of hydrogen-bond acceptors (Lipinski definition) is 4. The maximum Gasteiger partial charge on any atom is 0.417 e. The molecule has 0 fully saturated rings. The van der Waals surface area contributed by atoms with Gasteiger partial charge in [0.2, 0.25) is 5.91 Å². The van der Waals surface area contributed by atoms with Gasteiger partial charge in [-0.2, -0.15) is 4.90 Å². The molecule has 9 heteroatoms. The molecule has 0 aliphatic rings. The lowest BCUT2D eigenvalue weighted by molar-refractivity contribution is -0.148. The molecule has 0 heterocycles. The highest BCUT2D eigenvalue weighted by Crippen LogP contribution is 2.22. The summed E-state index contributed by atoms with van der Waals surface area (Å²) < 4.78 is 0. The van der Waals surface area contributed by atoms with Gasteiger partial charge < -0.3 is 21.1 Å². The average molecular weight is 248 g/mol. The Kier molecular flexibility index (Phi) is 4.44. The van der Waals surface area contributed by atoms with Crippen molar-refractivity contribution in [3.05, 3.63) is 0 Å². The molecule has 0 aromatic heterocycles. The van der Waals surface area contributed by atoms with E-state index in [9.17, 15) is 19.2 Å². The summed E-state index contributed by atoms with van der Waals surface area (Å²) in [6.07, 6.45) is -4.85. The molecule has 17 heavy (non-hydrogen) atoms. The van der Waals surface area contributed by atoms with E-state index in [1.807, 2.05) is 0 Å². The van der Waals surface area contributed by atoms with Crippen molar-refractivity contribution in [3.63, 3.8) is 0 Å². The first-order valence-corrected chi connectivity index (χ1v) is 4.40. The number of aliphatic carboxylic acids is 1. The van der Waals surface area contributed by atoms with Gasteiger partial charge >= 0.3 is 18.2 Å². The topological polar surface area (TPSA) is 158 Å². The van der Waals surface area contributed by atoms with Crippen LogP contribution < -0.4 is 5.73 Å². The average Bonchev–Trinajstić information content (AvgIpc) is 2.13. The number of nitrogens with two attached hydrogens (primary N) is 1. The highest BCUT2D eigenvalue weighted by Gasteiger charge is 2.46. The number of imide groups is 1. The molecule has 0 unspecified atom stereocenters. The fraction of sp³-hybridized carbons (Fsp3) is 0.500. The smallest absolute Gasteiger partial charge is 0.417 e. The number of amides is 3. The number of carbonyl (C=O) groups excluding carboxylic acids is 1. The molecule has 9 nitrogen and oxygen atoms in total. The minimum atomic E-state index is -2.26. The van der Waals surface area contributed by atoms with Crippen molar-refractivity contribution in [2.45, 2.75) is 25.3 Å². The van der Waals surface area contributed by atoms with Crippen LogP contribution in [0.15, 0.2) is 0 Å². The number of carboxylic acid groups (broad SMARTS) is 3. The van der Waals surface area contributed by atoms with Crippen LogP contribution in [0.1, 0.15) is 19.8 Å². The number of carbonyl (C=O) groups is 4. The van der Waals surface area contributed by atoms with Crippen LogP contribution in [0.3, 0.4) is 0 Å². The normalized spacial score (nSPS) is 13.5. The van der Waals surface area contributed by atoms with Crippen LogP contribution in [0.2, 0.25) is 0 Å². The lowest BCUT2D eigenvalue weighted by Crippen LogP contribution is -2.57. The predicted octanol–water partition coefficient (Wildman–Crippen LogP) is -0.247. The summed E-state index contributed by atoms with van der Waals surface area (Å²) in [6, 6.07) is 0. The summed E-state index contributed by atoms with van der Waals surface area (Å²) in [6.45, 7) is 0.889. The van der Waals surface area contributed by atoms with Gasteiger partial charge in [-0.05, 0) is 13.3 Å². The minimum Gasteiger partial charge on any atom is -0.479 e. The van der Waals surface area contributed by atoms with Gasteiger partial charge in [0, 0.05) is 6.42 Å². The van der Waals surface area contributed by atoms with Gasteiger partial charge in [-0.3, -0.25) is 4.79 Å². The molecule has 0 aliphatic heterocycles. The lowest BCUT2D eigenvalue weighted by atomic mass is 9.94.